The lowest BCUT2D eigenvalue weighted by molar-refractivity contribution is -0.105. The lowest BCUT2D eigenvalue weighted by atomic mass is 9.80. The molecule has 8 heteroatoms. The molecule has 0 radical (unpaired) electrons. The van der Waals surface area contributed by atoms with Crippen LogP contribution in [0, 0.1) is 18.3 Å². The highest BCUT2D eigenvalue weighted by Crippen LogP contribution is 2.48. The molecule has 1 unspecified atom stereocenters. The van der Waals surface area contributed by atoms with Gasteiger partial charge in [0.1, 0.15) is 12.0 Å². The Morgan fingerprint density at radius 2 is 2.12 bits per heavy atom. The van der Waals surface area contributed by atoms with Gasteiger partial charge in [0.15, 0.2) is 0 Å². The van der Waals surface area contributed by atoms with Crippen molar-refractivity contribution in [3.05, 3.63) is 76.6 Å². The summed E-state index contributed by atoms with van der Waals surface area (Å²) in [4.78, 5) is 20.2. The van der Waals surface area contributed by atoms with Crippen molar-refractivity contribution in [1.82, 2.24) is 14.5 Å². The maximum Gasteiger partial charge on any atom is 0.219 e. The summed E-state index contributed by atoms with van der Waals surface area (Å²) < 4.78 is 13.2. The van der Waals surface area contributed by atoms with Crippen LogP contribution in [-0.4, -0.2) is 34.5 Å². The molecule has 0 saturated heterocycles. The van der Waals surface area contributed by atoms with E-state index in [9.17, 15) is 10.1 Å². The van der Waals surface area contributed by atoms with Crippen molar-refractivity contribution in [1.29, 1.82) is 5.26 Å². The number of imidazole rings is 1. The molecular formula is C25H27N5O3. The number of benzene rings is 1. The molecule has 1 N–H and O–H groups in total. The van der Waals surface area contributed by atoms with E-state index in [0.717, 1.165) is 34.4 Å². The number of anilines is 1. The first kappa shape index (κ1) is 23.5. The zero-order chi connectivity index (χ0) is 24.0. The van der Waals surface area contributed by atoms with E-state index in [1.165, 1.54) is 0 Å². The second-order valence-electron chi connectivity index (χ2n) is 7.52. The van der Waals surface area contributed by atoms with Crippen LogP contribution < -0.4 is 14.8 Å². The van der Waals surface area contributed by atoms with Gasteiger partial charge in [0, 0.05) is 48.4 Å². The number of carbonyl (C=O) groups excluding carboxylic acids is 1. The third kappa shape index (κ3) is 4.88. The minimum Gasteiger partial charge on any atom is -0.496 e. The monoisotopic (exact) mass is 445 g/mol. The number of pyridine rings is 1. The predicted molar refractivity (Wildman–Crippen MR) is 125 cm³/mol. The van der Waals surface area contributed by atoms with Crippen LogP contribution in [-0.2, 0) is 11.8 Å². The number of allylic oxidation sites excluding steroid dienone is 2. The molecule has 33 heavy (non-hydrogen) atoms. The van der Waals surface area contributed by atoms with Crippen LogP contribution in [0.5, 0.6) is 11.6 Å². The fourth-order valence-corrected chi connectivity index (χ4v) is 3.75. The summed E-state index contributed by atoms with van der Waals surface area (Å²) in [7, 11) is 3.49. The lowest BCUT2D eigenvalue weighted by Gasteiger charge is -2.31. The molecule has 0 spiro atoms. The summed E-state index contributed by atoms with van der Waals surface area (Å²) in [6, 6.07) is 7.34. The molecule has 3 heterocycles. The summed E-state index contributed by atoms with van der Waals surface area (Å²) in [6.07, 6.45) is 7.99. The molecule has 0 saturated carbocycles. The largest absolute Gasteiger partial charge is 0.496 e. The number of aldehydes is 1. The minimum atomic E-state index is -0.407. The number of aromatic nitrogens is 3. The molecule has 170 valence electrons. The number of nitrogens with zero attached hydrogens (tertiary/aromatic N) is 4. The predicted octanol–water partition coefficient (Wildman–Crippen LogP) is 4.12. The van der Waals surface area contributed by atoms with Gasteiger partial charge >= 0.3 is 0 Å². The van der Waals surface area contributed by atoms with E-state index in [1.54, 1.807) is 38.0 Å². The van der Waals surface area contributed by atoms with Crippen LogP contribution in [0.25, 0.3) is 0 Å². The Bertz CT molecular complexity index is 1210. The molecule has 1 aliphatic heterocycles. The van der Waals surface area contributed by atoms with E-state index < -0.39 is 5.92 Å². The number of rotatable bonds is 5. The molecule has 1 atom stereocenters. The fourth-order valence-electron chi connectivity index (χ4n) is 3.75. The van der Waals surface area contributed by atoms with Crippen molar-refractivity contribution in [2.75, 3.05) is 19.0 Å². The summed E-state index contributed by atoms with van der Waals surface area (Å²) in [5.41, 5.74) is 5.26. The Labute approximate surface area is 193 Å². The van der Waals surface area contributed by atoms with Gasteiger partial charge in [0.25, 0.3) is 0 Å². The number of aryl methyl sites for hydroxylation is 2. The highest BCUT2D eigenvalue weighted by Gasteiger charge is 2.34. The fraction of sp³-hybridized carbons (Fsp3) is 0.280. The van der Waals surface area contributed by atoms with Crippen LogP contribution in [0.15, 0.2) is 54.4 Å². The average molecular weight is 446 g/mol. The normalized spacial score (nSPS) is 14.2. The first-order valence-corrected chi connectivity index (χ1v) is 10.5. The molecule has 0 amide bonds. The Morgan fingerprint density at radius 1 is 1.33 bits per heavy atom. The zero-order valence-electron chi connectivity index (χ0n) is 19.4. The van der Waals surface area contributed by atoms with Crippen molar-refractivity contribution in [3.63, 3.8) is 0 Å². The first-order valence-electron chi connectivity index (χ1n) is 10.5. The third-order valence-corrected chi connectivity index (χ3v) is 5.33. The lowest BCUT2D eigenvalue weighted by Crippen LogP contribution is -2.21. The number of ether oxygens (including phenoxy) is 2. The van der Waals surface area contributed by atoms with Gasteiger partial charge in [-0.15, -0.1) is 0 Å². The highest BCUT2D eigenvalue weighted by molar-refractivity contribution is 5.86. The maximum atomic E-state index is 12.0. The Hall–Kier alpha value is -4.12. The summed E-state index contributed by atoms with van der Waals surface area (Å²) in [6.45, 7) is 6.18. The number of hydrogen-bond donors (Lipinski definition) is 1. The standard InChI is InChI=1S/C21H21N3O3.C4H6N2/c1-5-27-21-19-18(15-7-6-14(9-22)8-17(15)26-4)16(11-25)13(3)24-20(19)12(2)10-23-21;1-6-3-2-5-4-6/h6-8,10-11,18,24H,5H2,1-4H3;2-4H,1H3. The van der Waals surface area contributed by atoms with Gasteiger partial charge in [0.2, 0.25) is 5.88 Å². The van der Waals surface area contributed by atoms with Crippen LogP contribution in [0.4, 0.5) is 5.69 Å². The van der Waals surface area contributed by atoms with Crippen LogP contribution in [0.1, 0.15) is 42.0 Å². The van der Waals surface area contributed by atoms with Gasteiger partial charge in [-0.1, -0.05) is 6.07 Å². The van der Waals surface area contributed by atoms with E-state index in [1.807, 2.05) is 44.6 Å². The van der Waals surface area contributed by atoms with Crippen LogP contribution in [0.2, 0.25) is 0 Å². The Balaban J connectivity index is 0.000000442. The number of carbonyl (C=O) groups is 1. The number of nitriles is 1. The van der Waals surface area contributed by atoms with Gasteiger partial charge in [-0.25, -0.2) is 9.97 Å². The smallest absolute Gasteiger partial charge is 0.219 e. The van der Waals surface area contributed by atoms with E-state index in [2.05, 4.69) is 21.4 Å². The molecule has 2 aromatic heterocycles. The van der Waals surface area contributed by atoms with Crippen molar-refractivity contribution in [3.8, 4) is 17.7 Å². The minimum absolute atomic E-state index is 0.407. The van der Waals surface area contributed by atoms with Gasteiger partial charge in [-0.2, -0.15) is 5.26 Å². The summed E-state index contributed by atoms with van der Waals surface area (Å²) >= 11 is 0. The Morgan fingerprint density at radius 3 is 2.67 bits per heavy atom. The molecule has 0 fully saturated rings. The van der Waals surface area contributed by atoms with Gasteiger partial charge < -0.3 is 19.4 Å². The SMILES string of the molecule is CCOc1ncc(C)c2c1C(c1ccc(C#N)cc1OC)C(C=O)=C(C)N2.Cn1ccnc1. The number of hydrogen-bond acceptors (Lipinski definition) is 7. The molecular weight excluding hydrogens is 418 g/mol. The first-order chi connectivity index (χ1) is 15.9. The number of nitrogens with one attached hydrogen (secondary N) is 1. The van der Waals surface area contributed by atoms with Gasteiger partial charge in [-0.05, 0) is 38.5 Å². The zero-order valence-corrected chi connectivity index (χ0v) is 19.4. The van der Waals surface area contributed by atoms with Gasteiger partial charge in [0.05, 0.1) is 42.9 Å². The van der Waals surface area contributed by atoms with Crippen molar-refractivity contribution in [2.45, 2.75) is 26.7 Å². The Kier molecular flexibility index (Phi) is 7.46. The molecule has 3 aromatic rings. The van der Waals surface area contributed by atoms with E-state index in [0.29, 0.717) is 29.4 Å². The average Bonchev–Trinajstić information content (AvgIpc) is 3.31. The van der Waals surface area contributed by atoms with Gasteiger partial charge in [-0.3, -0.25) is 4.79 Å². The maximum absolute atomic E-state index is 12.0. The molecule has 1 aromatic carbocycles. The molecule has 4 rings (SSSR count). The third-order valence-electron chi connectivity index (χ3n) is 5.33. The highest BCUT2D eigenvalue weighted by atomic mass is 16.5. The number of fused-ring (bicyclic) bond motifs is 1. The molecule has 8 nitrogen and oxygen atoms in total. The second-order valence-corrected chi connectivity index (χ2v) is 7.52. The molecule has 0 aliphatic carbocycles. The summed E-state index contributed by atoms with van der Waals surface area (Å²) in [5, 5.41) is 12.5. The van der Waals surface area contributed by atoms with E-state index in [-0.39, 0.29) is 0 Å². The van der Waals surface area contributed by atoms with Crippen molar-refractivity contribution in [2.24, 2.45) is 7.05 Å². The second kappa shape index (κ2) is 10.5. The number of methoxy groups -OCH3 is 1. The molecule has 1 aliphatic rings. The summed E-state index contributed by atoms with van der Waals surface area (Å²) in [5.74, 6) is 0.618. The van der Waals surface area contributed by atoms with E-state index in [4.69, 9.17) is 9.47 Å². The van der Waals surface area contributed by atoms with Crippen LogP contribution in [0.3, 0.4) is 0 Å². The topological polar surface area (TPSA) is 102 Å². The quantitative estimate of drug-likeness (QED) is 0.589. The van der Waals surface area contributed by atoms with Crippen molar-refractivity contribution >= 4 is 12.0 Å². The molecule has 0 bridgehead atoms. The van der Waals surface area contributed by atoms with E-state index >= 15 is 0 Å². The van der Waals surface area contributed by atoms with Crippen molar-refractivity contribution < 1.29 is 14.3 Å². The van der Waals surface area contributed by atoms with Crippen LogP contribution >= 0.6 is 0 Å².